The number of carbonyl (C=O) groups excluding carboxylic acids is 1. The van der Waals surface area contributed by atoms with Crippen LogP contribution in [0.5, 0.6) is 0 Å². The molecule has 0 aliphatic carbocycles. The second kappa shape index (κ2) is 7.60. The van der Waals surface area contributed by atoms with Crippen LogP contribution in [-0.4, -0.2) is 25.7 Å². The van der Waals surface area contributed by atoms with Gasteiger partial charge in [0.1, 0.15) is 0 Å². The summed E-state index contributed by atoms with van der Waals surface area (Å²) in [4.78, 5) is 22.0. The van der Waals surface area contributed by atoms with E-state index in [-0.39, 0.29) is 11.9 Å². The number of aryl methyl sites for hydroxylation is 1. The number of hydrogen-bond acceptors (Lipinski definition) is 4. The van der Waals surface area contributed by atoms with Crippen LogP contribution in [-0.2, 0) is 7.05 Å². The Hall–Kier alpha value is -3.54. The number of carbonyl (C=O) groups is 1. The third kappa shape index (κ3) is 3.36. The molecule has 1 aromatic carbocycles. The Bertz CT molecular complexity index is 1120. The zero-order valence-electron chi connectivity index (χ0n) is 15.8. The Labute approximate surface area is 163 Å². The molecule has 0 radical (unpaired) electrons. The molecule has 1 N–H and O–H groups in total. The highest BCUT2D eigenvalue weighted by atomic mass is 16.1. The van der Waals surface area contributed by atoms with E-state index >= 15 is 0 Å². The van der Waals surface area contributed by atoms with Gasteiger partial charge >= 0.3 is 0 Å². The third-order valence-electron chi connectivity index (χ3n) is 4.87. The molecule has 4 rings (SSSR count). The average molecular weight is 371 g/mol. The summed E-state index contributed by atoms with van der Waals surface area (Å²) in [6.07, 6.45) is 5.96. The predicted octanol–water partition coefficient (Wildman–Crippen LogP) is 3.91. The number of nitrogens with zero attached hydrogens (tertiary/aromatic N) is 4. The van der Waals surface area contributed by atoms with Gasteiger partial charge in [0.15, 0.2) is 0 Å². The van der Waals surface area contributed by atoms with Gasteiger partial charge in [-0.15, -0.1) is 0 Å². The molecule has 4 aromatic rings. The van der Waals surface area contributed by atoms with E-state index in [0.717, 1.165) is 34.3 Å². The number of hydrogen-bond donors (Lipinski definition) is 1. The van der Waals surface area contributed by atoms with Gasteiger partial charge in [-0.1, -0.05) is 25.1 Å². The number of amides is 1. The van der Waals surface area contributed by atoms with Crippen molar-refractivity contribution in [1.82, 2.24) is 25.1 Å². The maximum Gasteiger partial charge on any atom is 0.252 e. The molecule has 28 heavy (non-hydrogen) atoms. The third-order valence-corrected chi connectivity index (χ3v) is 4.87. The van der Waals surface area contributed by atoms with Crippen molar-refractivity contribution in [3.8, 4) is 11.3 Å². The second-order valence-electron chi connectivity index (χ2n) is 6.62. The minimum Gasteiger partial charge on any atom is -0.344 e. The van der Waals surface area contributed by atoms with Crippen LogP contribution in [0.15, 0.2) is 67.1 Å². The Kier molecular flexibility index (Phi) is 4.85. The summed E-state index contributed by atoms with van der Waals surface area (Å²) < 4.78 is 1.79. The summed E-state index contributed by atoms with van der Waals surface area (Å²) in [5, 5.41) is 8.21. The first kappa shape index (κ1) is 17.9. The molecule has 0 spiro atoms. The molecule has 0 aliphatic rings. The van der Waals surface area contributed by atoms with Crippen LogP contribution in [0.3, 0.4) is 0 Å². The molecule has 0 fully saturated rings. The van der Waals surface area contributed by atoms with Gasteiger partial charge in [-0.25, -0.2) is 4.98 Å². The van der Waals surface area contributed by atoms with E-state index in [4.69, 9.17) is 4.98 Å². The van der Waals surface area contributed by atoms with E-state index in [0.29, 0.717) is 5.56 Å². The van der Waals surface area contributed by atoms with E-state index in [9.17, 15) is 4.79 Å². The van der Waals surface area contributed by atoms with Crippen molar-refractivity contribution in [3.63, 3.8) is 0 Å². The van der Waals surface area contributed by atoms with Crippen LogP contribution in [0.4, 0.5) is 0 Å². The quantitative estimate of drug-likeness (QED) is 0.577. The van der Waals surface area contributed by atoms with E-state index < -0.39 is 0 Å². The fourth-order valence-electron chi connectivity index (χ4n) is 3.38. The first-order valence-corrected chi connectivity index (χ1v) is 9.26. The van der Waals surface area contributed by atoms with Crippen molar-refractivity contribution < 1.29 is 4.79 Å². The van der Waals surface area contributed by atoms with Crippen LogP contribution >= 0.6 is 0 Å². The highest BCUT2D eigenvalue weighted by Gasteiger charge is 2.19. The monoisotopic (exact) mass is 371 g/mol. The van der Waals surface area contributed by atoms with Gasteiger partial charge in [0.05, 0.1) is 28.5 Å². The molecular formula is C22H21N5O. The summed E-state index contributed by atoms with van der Waals surface area (Å²) in [5.41, 5.74) is 4.05. The van der Waals surface area contributed by atoms with Crippen molar-refractivity contribution >= 4 is 16.8 Å². The van der Waals surface area contributed by atoms with E-state index in [1.54, 1.807) is 23.3 Å². The van der Waals surface area contributed by atoms with Crippen LogP contribution in [0.25, 0.3) is 22.2 Å². The summed E-state index contributed by atoms with van der Waals surface area (Å²) >= 11 is 0. The van der Waals surface area contributed by atoms with Gasteiger partial charge in [-0.2, -0.15) is 5.10 Å². The molecule has 0 saturated carbocycles. The minimum absolute atomic E-state index is 0.115. The van der Waals surface area contributed by atoms with Crippen LogP contribution in [0.1, 0.15) is 35.4 Å². The van der Waals surface area contributed by atoms with Gasteiger partial charge in [0.25, 0.3) is 5.91 Å². The zero-order valence-corrected chi connectivity index (χ0v) is 15.8. The predicted molar refractivity (Wildman–Crippen MR) is 109 cm³/mol. The molecule has 0 aliphatic heterocycles. The molecule has 3 aromatic heterocycles. The van der Waals surface area contributed by atoms with Crippen LogP contribution < -0.4 is 5.32 Å². The lowest BCUT2D eigenvalue weighted by Gasteiger charge is -2.18. The number of nitrogens with one attached hydrogen (secondary N) is 1. The first-order chi connectivity index (χ1) is 13.7. The smallest absolute Gasteiger partial charge is 0.252 e. The van der Waals surface area contributed by atoms with Crippen molar-refractivity contribution in [2.24, 2.45) is 7.05 Å². The second-order valence-corrected chi connectivity index (χ2v) is 6.62. The Morgan fingerprint density at radius 2 is 1.89 bits per heavy atom. The van der Waals surface area contributed by atoms with Crippen molar-refractivity contribution in [2.45, 2.75) is 19.4 Å². The molecule has 0 bridgehead atoms. The summed E-state index contributed by atoms with van der Waals surface area (Å²) in [7, 11) is 1.88. The average Bonchev–Trinajstić information content (AvgIpc) is 3.17. The normalized spacial score (nSPS) is 12.1. The largest absolute Gasteiger partial charge is 0.344 e. The lowest BCUT2D eigenvalue weighted by molar-refractivity contribution is 0.0935. The number of fused-ring (bicyclic) bond motifs is 1. The van der Waals surface area contributed by atoms with Gasteiger partial charge < -0.3 is 5.32 Å². The van der Waals surface area contributed by atoms with E-state index in [1.807, 2.05) is 62.5 Å². The first-order valence-electron chi connectivity index (χ1n) is 9.26. The molecule has 1 unspecified atom stereocenters. The standard InChI is InChI=1S/C22H21N5O/c1-3-18(21-10-13-24-27(21)2)26-22(28)17-14-20(15-8-11-23-12-9-15)25-19-7-5-4-6-16(17)19/h4-14,18H,3H2,1-2H3,(H,26,28). The van der Waals surface area contributed by atoms with E-state index in [1.165, 1.54) is 0 Å². The zero-order chi connectivity index (χ0) is 19.5. The Morgan fingerprint density at radius 3 is 2.61 bits per heavy atom. The maximum absolute atomic E-state index is 13.2. The van der Waals surface area contributed by atoms with Crippen molar-refractivity contribution in [2.75, 3.05) is 0 Å². The van der Waals surface area contributed by atoms with Crippen molar-refractivity contribution in [3.05, 3.63) is 78.4 Å². The lowest BCUT2D eigenvalue weighted by atomic mass is 10.0. The van der Waals surface area contributed by atoms with Crippen LogP contribution in [0.2, 0.25) is 0 Å². The molecule has 0 saturated heterocycles. The Balaban J connectivity index is 1.76. The maximum atomic E-state index is 13.2. The molecule has 3 heterocycles. The van der Waals surface area contributed by atoms with Gasteiger partial charge in [0.2, 0.25) is 0 Å². The fraction of sp³-hybridized carbons (Fsp3) is 0.182. The number of rotatable bonds is 5. The number of para-hydroxylation sites is 1. The van der Waals surface area contributed by atoms with Gasteiger partial charge in [0, 0.05) is 36.6 Å². The summed E-state index contributed by atoms with van der Waals surface area (Å²) in [5.74, 6) is -0.123. The minimum atomic E-state index is -0.123. The molecule has 6 nitrogen and oxygen atoms in total. The molecule has 140 valence electrons. The van der Waals surface area contributed by atoms with Gasteiger partial charge in [-0.05, 0) is 36.8 Å². The summed E-state index contributed by atoms with van der Waals surface area (Å²) in [6, 6.07) is 15.2. The molecular weight excluding hydrogens is 350 g/mol. The van der Waals surface area contributed by atoms with Crippen LogP contribution in [0, 0.1) is 0 Å². The molecule has 1 atom stereocenters. The Morgan fingerprint density at radius 1 is 1.11 bits per heavy atom. The number of pyridine rings is 2. The summed E-state index contributed by atoms with van der Waals surface area (Å²) in [6.45, 7) is 2.05. The highest BCUT2D eigenvalue weighted by molar-refractivity contribution is 6.07. The molecule has 1 amide bonds. The lowest BCUT2D eigenvalue weighted by Crippen LogP contribution is -2.29. The highest BCUT2D eigenvalue weighted by Crippen LogP contribution is 2.25. The van der Waals surface area contributed by atoms with Crippen molar-refractivity contribution in [1.29, 1.82) is 0 Å². The molecule has 6 heteroatoms. The number of aromatic nitrogens is 4. The number of benzene rings is 1. The van der Waals surface area contributed by atoms with E-state index in [2.05, 4.69) is 15.4 Å². The SMILES string of the molecule is CCC(NC(=O)c1cc(-c2ccncc2)nc2ccccc12)c1ccnn1C. The topological polar surface area (TPSA) is 72.7 Å². The van der Waals surface area contributed by atoms with Gasteiger partial charge in [-0.3, -0.25) is 14.5 Å². The fourth-order valence-corrected chi connectivity index (χ4v) is 3.38.